The van der Waals surface area contributed by atoms with Gasteiger partial charge in [-0.15, -0.1) is 0 Å². The lowest BCUT2D eigenvalue weighted by atomic mass is 10.0. The monoisotopic (exact) mass is 257 g/mol. The zero-order valence-electron chi connectivity index (χ0n) is 9.63. The van der Waals surface area contributed by atoms with Gasteiger partial charge in [0.1, 0.15) is 0 Å². The Kier molecular flexibility index (Phi) is 3.78. The number of halogens is 2. The second kappa shape index (κ2) is 4.95. The van der Waals surface area contributed by atoms with Crippen LogP contribution in [0.25, 0.3) is 0 Å². The molecule has 1 fully saturated rings. The van der Waals surface area contributed by atoms with Gasteiger partial charge in [-0.2, -0.15) is 0 Å². The molecule has 1 N–H and O–H groups in total. The van der Waals surface area contributed by atoms with E-state index in [4.69, 9.17) is 23.2 Å². The van der Waals surface area contributed by atoms with Gasteiger partial charge in [-0.05, 0) is 55.5 Å². The molecule has 0 spiro atoms. The van der Waals surface area contributed by atoms with Gasteiger partial charge in [-0.1, -0.05) is 30.1 Å². The number of rotatable bonds is 4. The van der Waals surface area contributed by atoms with E-state index in [1.807, 2.05) is 25.2 Å². The van der Waals surface area contributed by atoms with Gasteiger partial charge < -0.3 is 5.32 Å². The first-order valence-electron chi connectivity index (χ1n) is 5.73. The number of nitrogens with one attached hydrogen (secondary N) is 1. The molecule has 3 unspecified atom stereocenters. The summed E-state index contributed by atoms with van der Waals surface area (Å²) < 4.78 is 0. The molecular formula is C13H17Cl2N. The van der Waals surface area contributed by atoms with E-state index in [2.05, 4.69) is 12.2 Å². The topological polar surface area (TPSA) is 12.0 Å². The van der Waals surface area contributed by atoms with Gasteiger partial charge in [-0.3, -0.25) is 0 Å². The number of hydrogen-bond acceptors (Lipinski definition) is 1. The normalized spacial score (nSPS) is 25.5. The van der Waals surface area contributed by atoms with Crippen molar-refractivity contribution in [3.63, 3.8) is 0 Å². The van der Waals surface area contributed by atoms with Crippen molar-refractivity contribution in [2.75, 3.05) is 7.05 Å². The van der Waals surface area contributed by atoms with Crippen LogP contribution in [0.5, 0.6) is 0 Å². The van der Waals surface area contributed by atoms with E-state index in [-0.39, 0.29) is 0 Å². The van der Waals surface area contributed by atoms with Gasteiger partial charge in [0.25, 0.3) is 0 Å². The summed E-state index contributed by atoms with van der Waals surface area (Å²) in [6, 6.07) is 6.20. The molecule has 1 nitrogen and oxygen atoms in total. The molecular weight excluding hydrogens is 241 g/mol. The second-order valence-electron chi connectivity index (χ2n) is 4.71. The lowest BCUT2D eigenvalue weighted by molar-refractivity contribution is 0.479. The molecule has 2 rings (SSSR count). The van der Waals surface area contributed by atoms with Crippen molar-refractivity contribution >= 4 is 23.2 Å². The van der Waals surface area contributed by atoms with Crippen molar-refractivity contribution in [2.24, 2.45) is 11.8 Å². The van der Waals surface area contributed by atoms with Crippen molar-refractivity contribution in [1.29, 1.82) is 0 Å². The molecule has 0 heterocycles. The minimum atomic E-state index is 0.519. The van der Waals surface area contributed by atoms with Crippen LogP contribution >= 0.6 is 23.2 Å². The minimum Gasteiger partial charge on any atom is -0.316 e. The molecule has 1 aromatic rings. The van der Waals surface area contributed by atoms with E-state index in [1.165, 1.54) is 6.42 Å². The van der Waals surface area contributed by atoms with Gasteiger partial charge in [0, 0.05) is 16.1 Å². The molecule has 0 bridgehead atoms. The summed E-state index contributed by atoms with van der Waals surface area (Å²) >= 11 is 12.2. The van der Waals surface area contributed by atoms with E-state index < -0.39 is 0 Å². The zero-order valence-corrected chi connectivity index (χ0v) is 11.1. The fourth-order valence-electron chi connectivity index (χ4n) is 2.32. The molecule has 1 aliphatic rings. The molecule has 0 aliphatic heterocycles. The van der Waals surface area contributed by atoms with Crippen LogP contribution in [0.2, 0.25) is 10.0 Å². The van der Waals surface area contributed by atoms with Crippen LogP contribution in [0, 0.1) is 11.8 Å². The predicted octanol–water partition coefficient (Wildman–Crippen LogP) is 3.78. The van der Waals surface area contributed by atoms with Crippen LogP contribution in [0.15, 0.2) is 18.2 Å². The molecule has 0 saturated heterocycles. The van der Waals surface area contributed by atoms with E-state index >= 15 is 0 Å². The minimum absolute atomic E-state index is 0.519. The summed E-state index contributed by atoms with van der Waals surface area (Å²) in [6.45, 7) is 2.30. The molecule has 1 saturated carbocycles. The molecule has 1 aromatic carbocycles. The van der Waals surface area contributed by atoms with E-state index in [1.54, 1.807) is 0 Å². The summed E-state index contributed by atoms with van der Waals surface area (Å²) in [5, 5.41) is 4.97. The van der Waals surface area contributed by atoms with Gasteiger partial charge >= 0.3 is 0 Å². The quantitative estimate of drug-likeness (QED) is 0.866. The Morgan fingerprint density at radius 3 is 2.69 bits per heavy atom. The largest absolute Gasteiger partial charge is 0.316 e. The molecule has 1 aliphatic carbocycles. The maximum atomic E-state index is 6.17. The van der Waals surface area contributed by atoms with Gasteiger partial charge in [0.05, 0.1) is 0 Å². The zero-order chi connectivity index (χ0) is 11.7. The van der Waals surface area contributed by atoms with Crippen LogP contribution in [0.4, 0.5) is 0 Å². The Morgan fingerprint density at radius 1 is 1.44 bits per heavy atom. The summed E-state index contributed by atoms with van der Waals surface area (Å²) in [4.78, 5) is 0. The average molecular weight is 258 g/mol. The van der Waals surface area contributed by atoms with E-state index in [9.17, 15) is 0 Å². The summed E-state index contributed by atoms with van der Waals surface area (Å²) in [5.74, 6) is 1.63. The standard InChI is InChI=1S/C13H17Cl2N/c1-8-5-11(8)13(16-2)7-9-6-10(14)3-4-12(9)15/h3-4,6,8,11,13,16H,5,7H2,1-2H3. The highest BCUT2D eigenvalue weighted by Crippen LogP contribution is 2.41. The highest BCUT2D eigenvalue weighted by Gasteiger charge is 2.38. The highest BCUT2D eigenvalue weighted by atomic mass is 35.5. The van der Waals surface area contributed by atoms with Crippen molar-refractivity contribution in [2.45, 2.75) is 25.8 Å². The lowest BCUT2D eigenvalue weighted by Crippen LogP contribution is -2.30. The third-order valence-corrected chi connectivity index (χ3v) is 4.11. The average Bonchev–Trinajstić information content (AvgIpc) is 2.97. The predicted molar refractivity (Wildman–Crippen MR) is 70.3 cm³/mol. The van der Waals surface area contributed by atoms with Crippen molar-refractivity contribution in [1.82, 2.24) is 5.32 Å². The van der Waals surface area contributed by atoms with E-state index in [0.29, 0.717) is 6.04 Å². The van der Waals surface area contributed by atoms with Crippen LogP contribution in [-0.4, -0.2) is 13.1 Å². The van der Waals surface area contributed by atoms with Crippen LogP contribution in [0.1, 0.15) is 18.9 Å². The van der Waals surface area contributed by atoms with Gasteiger partial charge in [0.2, 0.25) is 0 Å². The molecule has 0 aromatic heterocycles. The molecule has 0 amide bonds. The third-order valence-electron chi connectivity index (χ3n) is 3.51. The van der Waals surface area contributed by atoms with Crippen molar-refractivity contribution in [3.8, 4) is 0 Å². The Bertz CT molecular complexity index is 378. The highest BCUT2D eigenvalue weighted by molar-refractivity contribution is 6.33. The Morgan fingerprint density at radius 2 is 2.12 bits per heavy atom. The summed E-state index contributed by atoms with van der Waals surface area (Å²) in [6.07, 6.45) is 2.29. The number of hydrogen-bond donors (Lipinski definition) is 1. The second-order valence-corrected chi connectivity index (χ2v) is 5.56. The molecule has 88 valence electrons. The summed E-state index contributed by atoms with van der Waals surface area (Å²) in [5.41, 5.74) is 1.15. The first-order valence-corrected chi connectivity index (χ1v) is 6.48. The Hall–Kier alpha value is -0.240. The molecule has 3 heteroatoms. The summed E-state index contributed by atoms with van der Waals surface area (Å²) in [7, 11) is 2.02. The molecule has 16 heavy (non-hydrogen) atoms. The van der Waals surface area contributed by atoms with Crippen LogP contribution < -0.4 is 5.32 Å². The SMILES string of the molecule is CNC(Cc1cc(Cl)ccc1Cl)C1CC1C. The smallest absolute Gasteiger partial charge is 0.0439 e. The van der Waals surface area contributed by atoms with Gasteiger partial charge in [-0.25, -0.2) is 0 Å². The van der Waals surface area contributed by atoms with Crippen molar-refractivity contribution < 1.29 is 0 Å². The molecule has 3 atom stereocenters. The lowest BCUT2D eigenvalue weighted by Gasteiger charge is -2.17. The Labute approximate surface area is 107 Å². The third kappa shape index (κ3) is 2.71. The molecule has 0 radical (unpaired) electrons. The van der Waals surface area contributed by atoms with E-state index in [0.717, 1.165) is 33.9 Å². The fraction of sp³-hybridized carbons (Fsp3) is 0.538. The number of likely N-dealkylation sites (N-methyl/N-ethyl adjacent to an activating group) is 1. The first kappa shape index (κ1) is 12.2. The first-order chi connectivity index (χ1) is 7.61. The van der Waals surface area contributed by atoms with Crippen molar-refractivity contribution in [3.05, 3.63) is 33.8 Å². The van der Waals surface area contributed by atoms with Crippen LogP contribution in [-0.2, 0) is 6.42 Å². The van der Waals surface area contributed by atoms with Gasteiger partial charge in [0.15, 0.2) is 0 Å². The Balaban J connectivity index is 2.09. The fourth-order valence-corrected chi connectivity index (χ4v) is 2.71. The van der Waals surface area contributed by atoms with Crippen LogP contribution in [0.3, 0.4) is 0 Å². The number of benzene rings is 1. The maximum absolute atomic E-state index is 6.17. The maximum Gasteiger partial charge on any atom is 0.0439 e.